The fraction of sp³-hybridized carbons (Fsp3) is 0.333. The first-order chi connectivity index (χ1) is 14.1. The molecule has 0 unspecified atom stereocenters. The van der Waals surface area contributed by atoms with Gasteiger partial charge in [-0.3, -0.25) is 14.3 Å². The van der Waals surface area contributed by atoms with E-state index in [0.29, 0.717) is 5.56 Å². The van der Waals surface area contributed by atoms with Gasteiger partial charge in [0.05, 0.1) is 18.2 Å². The van der Waals surface area contributed by atoms with E-state index in [2.05, 4.69) is 36.1 Å². The second-order valence-corrected chi connectivity index (χ2v) is 7.74. The number of aromatic nitrogens is 1. The van der Waals surface area contributed by atoms with E-state index in [-0.39, 0.29) is 11.8 Å². The molecular formula is C24H26N2O3. The van der Waals surface area contributed by atoms with Crippen molar-refractivity contribution < 1.29 is 14.3 Å². The number of para-hydroxylation sites is 1. The second-order valence-electron chi connectivity index (χ2n) is 7.74. The summed E-state index contributed by atoms with van der Waals surface area (Å²) in [7, 11) is 1.36. The summed E-state index contributed by atoms with van der Waals surface area (Å²) < 4.78 is 6.54. The van der Waals surface area contributed by atoms with Gasteiger partial charge in [0.25, 0.3) is 0 Å². The number of methoxy groups -OCH3 is 1. The zero-order valence-electron chi connectivity index (χ0n) is 16.9. The van der Waals surface area contributed by atoms with E-state index in [9.17, 15) is 9.59 Å². The van der Waals surface area contributed by atoms with Crippen molar-refractivity contribution in [2.24, 2.45) is 5.92 Å². The lowest BCUT2D eigenvalue weighted by Crippen LogP contribution is -2.37. The SMILES string of the molecule is COC(=O)c1cn(C(=O)C2CCN(Cc3ccccc3C)CC2)c2ccccc12. The zero-order chi connectivity index (χ0) is 20.4. The van der Waals surface area contributed by atoms with Gasteiger partial charge in [0, 0.05) is 24.0 Å². The summed E-state index contributed by atoms with van der Waals surface area (Å²) in [6.07, 6.45) is 3.29. The van der Waals surface area contributed by atoms with Crippen molar-refractivity contribution in [2.75, 3.05) is 20.2 Å². The van der Waals surface area contributed by atoms with E-state index < -0.39 is 5.97 Å². The molecule has 0 atom stereocenters. The van der Waals surface area contributed by atoms with Gasteiger partial charge in [0.15, 0.2) is 0 Å². The summed E-state index contributed by atoms with van der Waals surface area (Å²) in [6.45, 7) is 4.86. The number of fused-ring (bicyclic) bond motifs is 1. The highest BCUT2D eigenvalue weighted by atomic mass is 16.5. The molecule has 1 aliphatic heterocycles. The number of hydrogen-bond donors (Lipinski definition) is 0. The largest absolute Gasteiger partial charge is 0.465 e. The number of hydrogen-bond acceptors (Lipinski definition) is 4. The number of piperidine rings is 1. The molecule has 0 radical (unpaired) electrons. The number of likely N-dealkylation sites (tertiary alicyclic amines) is 1. The minimum absolute atomic E-state index is 0.0376. The normalized spacial score (nSPS) is 15.5. The van der Waals surface area contributed by atoms with E-state index in [4.69, 9.17) is 4.74 Å². The molecule has 2 heterocycles. The molecule has 150 valence electrons. The molecule has 3 aromatic rings. The van der Waals surface area contributed by atoms with Crippen molar-refractivity contribution in [3.8, 4) is 0 Å². The van der Waals surface area contributed by atoms with Crippen molar-refractivity contribution in [3.05, 3.63) is 71.4 Å². The van der Waals surface area contributed by atoms with Crippen molar-refractivity contribution in [1.82, 2.24) is 9.47 Å². The fourth-order valence-corrected chi connectivity index (χ4v) is 4.20. The Labute approximate surface area is 170 Å². The van der Waals surface area contributed by atoms with E-state index in [1.165, 1.54) is 18.2 Å². The Morgan fingerprint density at radius 1 is 1.03 bits per heavy atom. The van der Waals surface area contributed by atoms with Crippen LogP contribution in [0.5, 0.6) is 0 Å². The van der Waals surface area contributed by atoms with E-state index in [1.807, 2.05) is 24.3 Å². The maximum Gasteiger partial charge on any atom is 0.340 e. The molecule has 29 heavy (non-hydrogen) atoms. The fourth-order valence-electron chi connectivity index (χ4n) is 4.20. The molecule has 5 nitrogen and oxygen atoms in total. The van der Waals surface area contributed by atoms with Crippen molar-refractivity contribution in [2.45, 2.75) is 26.3 Å². The molecule has 1 saturated heterocycles. The van der Waals surface area contributed by atoms with Crippen molar-refractivity contribution in [3.63, 3.8) is 0 Å². The van der Waals surface area contributed by atoms with Crippen LogP contribution in [0.1, 0.15) is 39.1 Å². The first-order valence-electron chi connectivity index (χ1n) is 10.1. The first kappa shape index (κ1) is 19.4. The number of carbonyl (C=O) groups is 2. The van der Waals surface area contributed by atoms with Gasteiger partial charge in [-0.25, -0.2) is 4.79 Å². The highest BCUT2D eigenvalue weighted by molar-refractivity contribution is 6.07. The van der Waals surface area contributed by atoms with Crippen LogP contribution in [0.2, 0.25) is 0 Å². The Hall–Kier alpha value is -2.92. The Morgan fingerprint density at radius 3 is 2.45 bits per heavy atom. The number of rotatable bonds is 4. The van der Waals surface area contributed by atoms with Gasteiger partial charge in [0.1, 0.15) is 0 Å². The predicted octanol–water partition coefficient (Wildman–Crippen LogP) is 4.29. The Balaban J connectivity index is 1.49. The van der Waals surface area contributed by atoms with Crippen molar-refractivity contribution >= 4 is 22.8 Å². The number of nitrogens with zero attached hydrogens (tertiary/aromatic N) is 2. The molecule has 0 N–H and O–H groups in total. The lowest BCUT2D eigenvalue weighted by molar-refractivity contribution is 0.0603. The number of esters is 1. The van der Waals surface area contributed by atoms with Crippen LogP contribution in [0.25, 0.3) is 10.9 Å². The molecule has 2 aromatic carbocycles. The standard InChI is InChI=1S/C24H26N2O3/c1-17-7-3-4-8-19(17)15-25-13-11-18(12-14-25)23(27)26-16-21(24(28)29-2)20-9-5-6-10-22(20)26/h3-10,16,18H,11-15H2,1-2H3. The molecule has 0 amide bonds. The lowest BCUT2D eigenvalue weighted by Gasteiger charge is -2.31. The smallest absolute Gasteiger partial charge is 0.340 e. The number of aryl methyl sites for hydroxylation is 1. The van der Waals surface area contributed by atoms with Gasteiger partial charge < -0.3 is 4.74 Å². The zero-order valence-corrected chi connectivity index (χ0v) is 16.9. The minimum Gasteiger partial charge on any atom is -0.465 e. The highest BCUT2D eigenvalue weighted by Crippen LogP contribution is 2.27. The van der Waals surface area contributed by atoms with Gasteiger partial charge in [-0.2, -0.15) is 0 Å². The van der Waals surface area contributed by atoms with Crippen LogP contribution in [0.4, 0.5) is 0 Å². The molecule has 1 aliphatic rings. The van der Waals surface area contributed by atoms with Crippen LogP contribution in [-0.2, 0) is 11.3 Å². The van der Waals surface area contributed by atoms with Gasteiger partial charge in [0.2, 0.25) is 5.91 Å². The molecule has 0 spiro atoms. The maximum atomic E-state index is 13.2. The first-order valence-corrected chi connectivity index (χ1v) is 10.1. The molecule has 0 saturated carbocycles. The second kappa shape index (κ2) is 8.21. The monoisotopic (exact) mass is 390 g/mol. The third-order valence-electron chi connectivity index (χ3n) is 5.95. The van der Waals surface area contributed by atoms with Crippen LogP contribution in [-0.4, -0.2) is 41.5 Å². The molecule has 1 fully saturated rings. The van der Waals surface area contributed by atoms with E-state index >= 15 is 0 Å². The number of benzene rings is 2. The molecule has 0 bridgehead atoms. The van der Waals surface area contributed by atoms with Gasteiger partial charge >= 0.3 is 5.97 Å². The van der Waals surface area contributed by atoms with Crippen LogP contribution >= 0.6 is 0 Å². The predicted molar refractivity (Wildman–Crippen MR) is 113 cm³/mol. The third-order valence-corrected chi connectivity index (χ3v) is 5.95. The van der Waals surface area contributed by atoms with E-state index in [1.54, 1.807) is 10.8 Å². The summed E-state index contributed by atoms with van der Waals surface area (Å²) in [6, 6.07) is 16.0. The summed E-state index contributed by atoms with van der Waals surface area (Å²) in [4.78, 5) is 27.8. The maximum absolute atomic E-state index is 13.2. The molecule has 4 rings (SSSR count). The Morgan fingerprint density at radius 2 is 1.72 bits per heavy atom. The highest BCUT2D eigenvalue weighted by Gasteiger charge is 2.28. The van der Waals surface area contributed by atoms with Crippen molar-refractivity contribution in [1.29, 1.82) is 0 Å². The average molecular weight is 390 g/mol. The molecular weight excluding hydrogens is 364 g/mol. The topological polar surface area (TPSA) is 51.5 Å². The summed E-state index contributed by atoms with van der Waals surface area (Å²) in [5.41, 5.74) is 3.85. The lowest BCUT2D eigenvalue weighted by atomic mass is 9.95. The van der Waals surface area contributed by atoms with E-state index in [0.717, 1.165) is 43.4 Å². The van der Waals surface area contributed by atoms with Gasteiger partial charge in [-0.05, 0) is 50.0 Å². The molecule has 5 heteroatoms. The van der Waals surface area contributed by atoms with Gasteiger partial charge in [-0.1, -0.05) is 42.5 Å². The number of ether oxygens (including phenoxy) is 1. The van der Waals surface area contributed by atoms with Crippen LogP contribution < -0.4 is 0 Å². The Bertz CT molecular complexity index is 1050. The molecule has 1 aromatic heterocycles. The summed E-state index contributed by atoms with van der Waals surface area (Å²) in [5, 5.41) is 0.754. The van der Waals surface area contributed by atoms with Crippen LogP contribution in [0, 0.1) is 12.8 Å². The summed E-state index contributed by atoms with van der Waals surface area (Å²) >= 11 is 0. The third kappa shape index (κ3) is 3.83. The number of carbonyl (C=O) groups excluding carboxylic acids is 2. The Kier molecular flexibility index (Phi) is 5.49. The molecule has 0 aliphatic carbocycles. The average Bonchev–Trinajstić information content (AvgIpc) is 3.14. The minimum atomic E-state index is -0.416. The quantitative estimate of drug-likeness (QED) is 0.624. The summed E-state index contributed by atoms with van der Waals surface area (Å²) in [5.74, 6) is -0.392. The van der Waals surface area contributed by atoms with Crippen LogP contribution in [0.3, 0.4) is 0 Å². The van der Waals surface area contributed by atoms with Gasteiger partial charge in [-0.15, -0.1) is 0 Å². The van der Waals surface area contributed by atoms with Crippen LogP contribution in [0.15, 0.2) is 54.7 Å².